The van der Waals surface area contributed by atoms with E-state index in [4.69, 9.17) is 5.73 Å². The zero-order chi connectivity index (χ0) is 8.55. The molecular weight excluding hydrogens is 156 g/mol. The largest absolute Gasteiger partial charge is 0.364 e. The maximum atomic E-state index is 10.8. The normalized spacial score (nSPS) is 14.3. The van der Waals surface area contributed by atoms with Gasteiger partial charge in [-0.1, -0.05) is 0 Å². The number of imidazole rings is 1. The summed E-state index contributed by atoms with van der Waals surface area (Å²) >= 11 is 0. The van der Waals surface area contributed by atoms with Gasteiger partial charge in [0.1, 0.15) is 11.5 Å². The number of hydrogen-bond donors (Lipinski definition) is 1. The molecule has 0 atom stereocenters. The molecule has 1 aromatic heterocycles. The summed E-state index contributed by atoms with van der Waals surface area (Å²) in [5.74, 6) is 0.305. The molecule has 2 heterocycles. The van der Waals surface area contributed by atoms with Gasteiger partial charge in [-0.15, -0.1) is 0 Å². The van der Waals surface area contributed by atoms with Gasteiger partial charge in [0.25, 0.3) is 5.91 Å². The highest BCUT2D eigenvalue weighted by atomic mass is 16.1. The molecule has 2 rings (SSSR count). The molecule has 62 valence electrons. The van der Waals surface area contributed by atoms with Gasteiger partial charge in [0, 0.05) is 12.6 Å². The van der Waals surface area contributed by atoms with Crippen LogP contribution in [0.2, 0.25) is 0 Å². The Balaban J connectivity index is 2.54. The first kappa shape index (κ1) is 7.02. The number of hydrogen-bond acceptors (Lipinski definition) is 3. The summed E-state index contributed by atoms with van der Waals surface area (Å²) < 4.78 is 1.49. The molecule has 12 heavy (non-hydrogen) atoms. The van der Waals surface area contributed by atoms with E-state index in [1.807, 2.05) is 0 Å². The van der Waals surface area contributed by atoms with Crippen LogP contribution in [0.25, 0.3) is 0 Å². The molecule has 0 aromatic carbocycles. The van der Waals surface area contributed by atoms with Crippen LogP contribution in [0, 0.1) is 0 Å². The summed E-state index contributed by atoms with van der Waals surface area (Å²) in [7, 11) is 0. The van der Waals surface area contributed by atoms with Crippen LogP contribution in [0.4, 0.5) is 0 Å². The molecule has 0 saturated heterocycles. The Morgan fingerprint density at radius 3 is 3.25 bits per heavy atom. The van der Waals surface area contributed by atoms with Crippen molar-refractivity contribution in [1.82, 2.24) is 9.66 Å². The van der Waals surface area contributed by atoms with Crippen molar-refractivity contribution >= 4 is 12.1 Å². The Labute approximate surface area is 68.9 Å². The number of nitrogens with zero attached hydrogens (tertiary/aromatic N) is 3. The zero-order valence-corrected chi connectivity index (χ0v) is 6.40. The minimum Gasteiger partial charge on any atom is -0.364 e. The number of fused-ring (bicyclic) bond motifs is 1. The summed E-state index contributed by atoms with van der Waals surface area (Å²) in [6.07, 6.45) is 4.90. The predicted molar refractivity (Wildman–Crippen MR) is 43.0 cm³/mol. The molecule has 0 saturated carbocycles. The van der Waals surface area contributed by atoms with Gasteiger partial charge < -0.3 is 5.73 Å². The van der Waals surface area contributed by atoms with Crippen molar-refractivity contribution in [3.8, 4) is 0 Å². The van der Waals surface area contributed by atoms with Crippen LogP contribution in [0.3, 0.4) is 0 Å². The topological polar surface area (TPSA) is 73.3 Å². The van der Waals surface area contributed by atoms with E-state index in [1.165, 1.54) is 10.9 Å². The molecule has 1 amide bonds. The second kappa shape index (κ2) is 2.44. The monoisotopic (exact) mass is 164 g/mol. The Morgan fingerprint density at radius 1 is 1.67 bits per heavy atom. The summed E-state index contributed by atoms with van der Waals surface area (Å²) in [6, 6.07) is 0. The SMILES string of the molecule is NC(=O)c1cnc2n1N=CCC2. The van der Waals surface area contributed by atoms with E-state index >= 15 is 0 Å². The number of aromatic nitrogens is 2. The van der Waals surface area contributed by atoms with Gasteiger partial charge in [0.2, 0.25) is 0 Å². The molecule has 0 spiro atoms. The average Bonchev–Trinajstić information content (AvgIpc) is 2.47. The van der Waals surface area contributed by atoms with E-state index in [0.29, 0.717) is 5.69 Å². The molecular formula is C7H8N4O. The molecule has 5 nitrogen and oxygen atoms in total. The van der Waals surface area contributed by atoms with Crippen LogP contribution in [0.15, 0.2) is 11.3 Å². The van der Waals surface area contributed by atoms with Crippen LogP contribution in [0.1, 0.15) is 22.7 Å². The molecule has 2 N–H and O–H groups in total. The lowest BCUT2D eigenvalue weighted by Gasteiger charge is -2.06. The van der Waals surface area contributed by atoms with Gasteiger partial charge in [-0.25, -0.2) is 9.66 Å². The van der Waals surface area contributed by atoms with E-state index in [9.17, 15) is 4.79 Å². The highest BCUT2D eigenvalue weighted by Gasteiger charge is 2.14. The van der Waals surface area contributed by atoms with Crippen LogP contribution in [-0.4, -0.2) is 21.8 Å². The maximum Gasteiger partial charge on any atom is 0.269 e. The summed E-state index contributed by atoms with van der Waals surface area (Å²) in [6.45, 7) is 0. The average molecular weight is 164 g/mol. The molecule has 0 aliphatic carbocycles. The number of rotatable bonds is 1. The molecule has 1 aliphatic rings. The zero-order valence-electron chi connectivity index (χ0n) is 6.40. The Hall–Kier alpha value is -1.65. The van der Waals surface area contributed by atoms with Crippen LogP contribution < -0.4 is 5.73 Å². The van der Waals surface area contributed by atoms with Gasteiger partial charge in [-0.05, 0) is 6.42 Å². The van der Waals surface area contributed by atoms with Crippen LogP contribution in [0.5, 0.6) is 0 Å². The first-order valence-electron chi connectivity index (χ1n) is 3.68. The van der Waals surface area contributed by atoms with Crippen molar-refractivity contribution in [2.75, 3.05) is 0 Å². The molecule has 1 aliphatic heterocycles. The van der Waals surface area contributed by atoms with Crippen molar-refractivity contribution in [3.05, 3.63) is 17.7 Å². The first-order chi connectivity index (χ1) is 5.79. The lowest BCUT2D eigenvalue weighted by atomic mass is 10.3. The molecule has 0 fully saturated rings. The number of nitrogens with two attached hydrogens (primary N) is 1. The molecule has 0 unspecified atom stereocenters. The number of aryl methyl sites for hydroxylation is 1. The van der Waals surface area contributed by atoms with Crippen LogP contribution >= 0.6 is 0 Å². The molecule has 5 heteroatoms. The standard InChI is InChI=1S/C7H8N4O/c8-7(12)5-4-9-6-2-1-3-10-11(5)6/h3-4H,1-2H2,(H2,8,12). The number of carbonyl (C=O) groups is 1. The quantitative estimate of drug-likeness (QED) is 0.622. The van der Waals surface area contributed by atoms with Gasteiger partial charge in [-0.2, -0.15) is 5.10 Å². The fourth-order valence-corrected chi connectivity index (χ4v) is 1.18. The summed E-state index contributed by atoms with van der Waals surface area (Å²) in [4.78, 5) is 14.8. The number of carbonyl (C=O) groups excluding carboxylic acids is 1. The van der Waals surface area contributed by atoms with E-state index in [1.54, 1.807) is 6.21 Å². The number of primary amides is 1. The summed E-state index contributed by atoms with van der Waals surface area (Å²) in [5.41, 5.74) is 5.46. The fraction of sp³-hybridized carbons (Fsp3) is 0.286. The highest BCUT2D eigenvalue weighted by Crippen LogP contribution is 2.09. The van der Waals surface area contributed by atoms with E-state index in [2.05, 4.69) is 10.1 Å². The third-order valence-corrected chi connectivity index (χ3v) is 1.76. The second-order valence-corrected chi connectivity index (χ2v) is 2.57. The van der Waals surface area contributed by atoms with Crippen molar-refractivity contribution in [1.29, 1.82) is 0 Å². The third kappa shape index (κ3) is 0.903. The maximum absolute atomic E-state index is 10.8. The predicted octanol–water partition coefficient (Wildman–Crippen LogP) is -0.238. The third-order valence-electron chi connectivity index (χ3n) is 1.76. The highest BCUT2D eigenvalue weighted by molar-refractivity contribution is 5.91. The minimum atomic E-state index is -0.493. The Bertz CT molecular complexity index is 352. The van der Waals surface area contributed by atoms with E-state index in [0.717, 1.165) is 18.7 Å². The minimum absolute atomic E-state index is 0.348. The van der Waals surface area contributed by atoms with Crippen molar-refractivity contribution in [2.45, 2.75) is 12.8 Å². The van der Waals surface area contributed by atoms with Crippen molar-refractivity contribution in [2.24, 2.45) is 10.8 Å². The first-order valence-corrected chi connectivity index (χ1v) is 3.68. The van der Waals surface area contributed by atoms with Gasteiger partial charge in [0.05, 0.1) is 6.20 Å². The Kier molecular flexibility index (Phi) is 1.43. The second-order valence-electron chi connectivity index (χ2n) is 2.57. The van der Waals surface area contributed by atoms with Gasteiger partial charge in [-0.3, -0.25) is 4.79 Å². The lowest BCUT2D eigenvalue weighted by molar-refractivity contribution is 0.0992. The Morgan fingerprint density at radius 2 is 2.50 bits per heavy atom. The molecule has 1 aromatic rings. The van der Waals surface area contributed by atoms with Gasteiger partial charge in [0.15, 0.2) is 0 Å². The van der Waals surface area contributed by atoms with Crippen LogP contribution in [-0.2, 0) is 6.42 Å². The lowest BCUT2D eigenvalue weighted by Crippen LogP contribution is -2.17. The molecule has 0 radical (unpaired) electrons. The van der Waals surface area contributed by atoms with Gasteiger partial charge >= 0.3 is 0 Å². The smallest absolute Gasteiger partial charge is 0.269 e. The summed E-state index contributed by atoms with van der Waals surface area (Å²) in [5, 5.41) is 4.00. The van der Waals surface area contributed by atoms with Crippen molar-refractivity contribution < 1.29 is 4.79 Å². The van der Waals surface area contributed by atoms with Crippen molar-refractivity contribution in [3.63, 3.8) is 0 Å². The van der Waals surface area contributed by atoms with E-state index in [-0.39, 0.29) is 0 Å². The van der Waals surface area contributed by atoms with E-state index < -0.39 is 5.91 Å². The fourth-order valence-electron chi connectivity index (χ4n) is 1.18. The molecule has 0 bridgehead atoms. The number of amides is 1.